The third-order valence-electron chi connectivity index (χ3n) is 5.97. The highest BCUT2D eigenvalue weighted by Crippen LogP contribution is 2.33. The number of piperazine rings is 1. The summed E-state index contributed by atoms with van der Waals surface area (Å²) >= 11 is 13.9. The van der Waals surface area contributed by atoms with Crippen molar-refractivity contribution in [3.8, 4) is 11.6 Å². The first-order valence-electron chi connectivity index (χ1n) is 11.2. The van der Waals surface area contributed by atoms with Gasteiger partial charge in [-0.25, -0.2) is 0 Å². The molecule has 0 N–H and O–H groups in total. The summed E-state index contributed by atoms with van der Waals surface area (Å²) in [6, 6.07) is 16.6. The molecule has 0 amide bonds. The van der Waals surface area contributed by atoms with E-state index in [1.807, 2.05) is 11.3 Å². The Morgan fingerprint density at radius 1 is 0.971 bits per heavy atom. The Balaban J connectivity index is 1.11. The molecule has 1 aliphatic rings. The number of thiophene rings is 1. The quantitative estimate of drug-likeness (QED) is 0.311. The van der Waals surface area contributed by atoms with Gasteiger partial charge < -0.3 is 9.64 Å². The van der Waals surface area contributed by atoms with E-state index in [2.05, 4.69) is 44.5 Å². The molecule has 0 radical (unpaired) electrons. The molecule has 1 fully saturated rings. The van der Waals surface area contributed by atoms with Gasteiger partial charge in [0.2, 0.25) is 5.88 Å². The number of aromatic nitrogens is 2. The maximum atomic E-state index is 12.2. The van der Waals surface area contributed by atoms with E-state index in [0.29, 0.717) is 28.2 Å². The normalized spacial score (nSPS) is 14.6. The van der Waals surface area contributed by atoms with Crippen LogP contribution in [-0.2, 0) is 0 Å². The molecule has 1 aliphatic heterocycles. The Labute approximate surface area is 211 Å². The largest absolute Gasteiger partial charge is 0.477 e. The molecule has 9 heteroatoms. The molecule has 34 heavy (non-hydrogen) atoms. The van der Waals surface area contributed by atoms with Crippen molar-refractivity contribution in [2.75, 3.05) is 44.2 Å². The van der Waals surface area contributed by atoms with Gasteiger partial charge in [0.25, 0.3) is 5.56 Å². The molecule has 0 bridgehead atoms. The van der Waals surface area contributed by atoms with E-state index < -0.39 is 0 Å². The third kappa shape index (κ3) is 5.08. The lowest BCUT2D eigenvalue weighted by Gasteiger charge is -2.35. The monoisotopic (exact) mass is 514 g/mol. The topological polar surface area (TPSA) is 50.6 Å². The van der Waals surface area contributed by atoms with Crippen molar-refractivity contribution in [3.63, 3.8) is 0 Å². The number of benzene rings is 2. The van der Waals surface area contributed by atoms with E-state index >= 15 is 0 Å². The number of hydrogen-bond acceptors (Lipinski definition) is 6. The number of nitrogens with zero attached hydrogens (tertiary/aromatic N) is 4. The smallest absolute Gasteiger partial charge is 0.271 e. The highest BCUT2D eigenvalue weighted by Gasteiger charge is 2.19. The van der Waals surface area contributed by atoms with Crippen molar-refractivity contribution in [2.24, 2.45) is 0 Å². The predicted molar refractivity (Wildman–Crippen MR) is 140 cm³/mol. The molecule has 176 valence electrons. The van der Waals surface area contributed by atoms with E-state index in [-0.39, 0.29) is 5.56 Å². The van der Waals surface area contributed by atoms with Gasteiger partial charge in [0, 0.05) is 60.3 Å². The number of halogens is 2. The van der Waals surface area contributed by atoms with Crippen LogP contribution in [0.5, 0.6) is 5.88 Å². The minimum atomic E-state index is -0.262. The molecule has 0 aliphatic carbocycles. The number of anilines is 1. The molecule has 6 nitrogen and oxygen atoms in total. The second-order valence-corrected chi connectivity index (χ2v) is 9.89. The van der Waals surface area contributed by atoms with Crippen molar-refractivity contribution in [1.29, 1.82) is 0 Å². The molecule has 0 unspecified atom stereocenters. The van der Waals surface area contributed by atoms with Crippen LogP contribution in [0.2, 0.25) is 10.0 Å². The van der Waals surface area contributed by atoms with Gasteiger partial charge in [0.15, 0.2) is 0 Å². The van der Waals surface area contributed by atoms with Gasteiger partial charge in [-0.3, -0.25) is 9.69 Å². The zero-order valence-corrected chi connectivity index (χ0v) is 20.8. The summed E-state index contributed by atoms with van der Waals surface area (Å²) in [6.45, 7) is 5.61. The Hall–Kier alpha value is -2.58. The van der Waals surface area contributed by atoms with Gasteiger partial charge in [0.05, 0.1) is 28.0 Å². The molecule has 4 aromatic rings. The maximum absolute atomic E-state index is 12.2. The summed E-state index contributed by atoms with van der Waals surface area (Å²) in [6.07, 6.45) is 0.884. The number of ether oxygens (including phenoxy) is 1. The molecular weight excluding hydrogens is 491 g/mol. The average Bonchev–Trinajstić information content (AvgIpc) is 3.29. The zero-order valence-electron chi connectivity index (χ0n) is 18.5. The number of hydrogen-bond donors (Lipinski definition) is 0. The fourth-order valence-electron chi connectivity index (χ4n) is 4.16. The first kappa shape index (κ1) is 23.2. The summed E-state index contributed by atoms with van der Waals surface area (Å²) in [5, 5.41) is 8.74. The summed E-state index contributed by atoms with van der Waals surface area (Å²) in [7, 11) is 0. The highest BCUT2D eigenvalue weighted by atomic mass is 35.5. The summed E-state index contributed by atoms with van der Waals surface area (Å²) in [5.74, 6) is 0.403. The number of rotatable bonds is 7. The van der Waals surface area contributed by atoms with Crippen LogP contribution in [-0.4, -0.2) is 54.0 Å². The van der Waals surface area contributed by atoms with Crippen LogP contribution in [0.1, 0.15) is 6.42 Å². The lowest BCUT2D eigenvalue weighted by molar-refractivity contribution is 0.220. The zero-order chi connectivity index (χ0) is 23.5. The van der Waals surface area contributed by atoms with E-state index in [4.69, 9.17) is 27.9 Å². The van der Waals surface area contributed by atoms with Crippen LogP contribution in [0.15, 0.2) is 64.8 Å². The van der Waals surface area contributed by atoms with Crippen LogP contribution < -0.4 is 15.2 Å². The van der Waals surface area contributed by atoms with Gasteiger partial charge in [-0.05, 0) is 30.7 Å². The van der Waals surface area contributed by atoms with Gasteiger partial charge in [-0.2, -0.15) is 4.68 Å². The van der Waals surface area contributed by atoms with E-state index in [1.54, 1.807) is 24.3 Å². The molecule has 5 rings (SSSR count). The minimum Gasteiger partial charge on any atom is -0.477 e. The van der Waals surface area contributed by atoms with Crippen LogP contribution in [0, 0.1) is 0 Å². The fraction of sp³-hybridized carbons (Fsp3) is 0.280. The first-order valence-corrected chi connectivity index (χ1v) is 12.8. The molecular formula is C25H24Cl2N4O2S. The Morgan fingerprint density at radius 3 is 2.62 bits per heavy atom. The third-order valence-corrected chi connectivity index (χ3v) is 7.66. The van der Waals surface area contributed by atoms with E-state index in [9.17, 15) is 4.79 Å². The fourth-order valence-corrected chi connectivity index (χ4v) is 5.42. The van der Waals surface area contributed by atoms with E-state index in [0.717, 1.165) is 39.1 Å². The lowest BCUT2D eigenvalue weighted by Crippen LogP contribution is -2.46. The van der Waals surface area contributed by atoms with Gasteiger partial charge in [-0.1, -0.05) is 41.4 Å². The van der Waals surface area contributed by atoms with Crippen LogP contribution in [0.25, 0.3) is 15.8 Å². The molecule has 0 saturated carbocycles. The second kappa shape index (κ2) is 10.4. The van der Waals surface area contributed by atoms with Crippen LogP contribution >= 0.6 is 34.5 Å². The Kier molecular flexibility index (Phi) is 7.06. The molecule has 0 atom stereocenters. The van der Waals surface area contributed by atoms with Gasteiger partial charge in [-0.15, -0.1) is 16.4 Å². The van der Waals surface area contributed by atoms with Crippen molar-refractivity contribution < 1.29 is 4.74 Å². The second-order valence-electron chi connectivity index (χ2n) is 8.17. The van der Waals surface area contributed by atoms with Gasteiger partial charge >= 0.3 is 0 Å². The molecule has 1 saturated heterocycles. The Bertz CT molecular complexity index is 1350. The predicted octanol–water partition coefficient (Wildman–Crippen LogP) is 5.35. The highest BCUT2D eigenvalue weighted by molar-refractivity contribution is 7.17. The standard InChI is InChI=1S/C25H24Cl2N4O2S/c26-20-7-6-18(16-21(20)27)31-25(32)9-8-24(28-31)33-15-3-10-29-11-13-30(14-12-29)22-17-34-23-5-2-1-4-19(22)23/h1-2,4-9,16-17H,3,10-15H2. The molecule has 3 heterocycles. The van der Waals surface area contributed by atoms with Crippen molar-refractivity contribution in [3.05, 3.63) is 80.4 Å². The van der Waals surface area contributed by atoms with Crippen molar-refractivity contribution in [1.82, 2.24) is 14.7 Å². The summed E-state index contributed by atoms with van der Waals surface area (Å²) in [5.41, 5.74) is 1.63. The minimum absolute atomic E-state index is 0.262. The first-order chi connectivity index (χ1) is 16.6. The maximum Gasteiger partial charge on any atom is 0.271 e. The van der Waals surface area contributed by atoms with Crippen molar-refractivity contribution >= 4 is 50.3 Å². The van der Waals surface area contributed by atoms with Gasteiger partial charge in [0.1, 0.15) is 0 Å². The lowest BCUT2D eigenvalue weighted by atomic mass is 10.2. The van der Waals surface area contributed by atoms with E-state index in [1.165, 1.54) is 26.5 Å². The summed E-state index contributed by atoms with van der Waals surface area (Å²) < 4.78 is 8.44. The number of fused-ring (bicyclic) bond motifs is 1. The Morgan fingerprint density at radius 2 is 1.79 bits per heavy atom. The summed E-state index contributed by atoms with van der Waals surface area (Å²) in [4.78, 5) is 17.2. The average molecular weight is 515 g/mol. The van der Waals surface area contributed by atoms with Crippen LogP contribution in [0.4, 0.5) is 5.69 Å². The molecule has 2 aromatic carbocycles. The molecule has 0 spiro atoms. The molecule has 2 aromatic heterocycles. The SMILES string of the molecule is O=c1ccc(OCCCN2CCN(c3csc4ccccc34)CC2)nn1-c1ccc(Cl)c(Cl)c1. The van der Waals surface area contributed by atoms with Crippen LogP contribution in [0.3, 0.4) is 0 Å². The van der Waals surface area contributed by atoms with Crippen molar-refractivity contribution in [2.45, 2.75) is 6.42 Å².